The number of hydrogen-bond donors (Lipinski definition) is 1. The first kappa shape index (κ1) is 19.9. The van der Waals surface area contributed by atoms with Crippen LogP contribution in [0.15, 0.2) is 46.6 Å². The van der Waals surface area contributed by atoms with Crippen molar-refractivity contribution in [2.45, 2.75) is 73.1 Å². The summed E-state index contributed by atoms with van der Waals surface area (Å²) < 4.78 is 0. The lowest BCUT2D eigenvalue weighted by Crippen LogP contribution is -2.36. The zero-order chi connectivity index (χ0) is 19.7. The highest BCUT2D eigenvalue weighted by atomic mass is 16.2. The van der Waals surface area contributed by atoms with Gasteiger partial charge in [-0.05, 0) is 74.3 Å². The quantitative estimate of drug-likeness (QED) is 0.389. The molecule has 0 saturated heterocycles. The first-order chi connectivity index (χ1) is 12.7. The average Bonchev–Trinajstić information content (AvgIpc) is 2.61. The van der Waals surface area contributed by atoms with Crippen LogP contribution >= 0.6 is 0 Å². The third-order valence-corrected chi connectivity index (χ3v) is 6.68. The van der Waals surface area contributed by atoms with Gasteiger partial charge >= 0.3 is 0 Å². The number of nitrogens with zero attached hydrogens (tertiary/aromatic N) is 1. The van der Waals surface area contributed by atoms with Gasteiger partial charge in [-0.25, -0.2) is 5.43 Å². The van der Waals surface area contributed by atoms with Crippen LogP contribution in [0.4, 0.5) is 0 Å². The van der Waals surface area contributed by atoms with Gasteiger partial charge in [0.1, 0.15) is 0 Å². The number of allylic oxidation sites excluding steroid dienone is 2. The first-order valence-corrected chi connectivity index (χ1v) is 10.3. The van der Waals surface area contributed by atoms with Crippen LogP contribution in [0.25, 0.3) is 0 Å². The largest absolute Gasteiger partial charge is 0.271 e. The molecule has 0 unspecified atom stereocenters. The molecule has 1 aromatic carbocycles. The van der Waals surface area contributed by atoms with E-state index in [4.69, 9.17) is 0 Å². The Labute approximate surface area is 164 Å². The lowest BCUT2D eigenvalue weighted by atomic mass is 9.57. The SMILES string of the molecule is C/C(C[C@H]1CC2=C(CC1(C)C)C(C)(C)CCC2)=N\NC(=O)c1ccccc1. The molecule has 3 rings (SSSR count). The number of benzene rings is 1. The molecule has 1 amide bonds. The molecule has 0 saturated carbocycles. The number of carbonyl (C=O) groups is 1. The van der Waals surface area contributed by atoms with Gasteiger partial charge in [0.2, 0.25) is 0 Å². The molecule has 2 aliphatic rings. The topological polar surface area (TPSA) is 41.5 Å². The van der Waals surface area contributed by atoms with Gasteiger partial charge in [-0.15, -0.1) is 0 Å². The molecule has 0 aliphatic heterocycles. The molecule has 1 N–H and O–H groups in total. The average molecular weight is 367 g/mol. The number of hydrazone groups is 1. The molecule has 3 nitrogen and oxygen atoms in total. The van der Waals surface area contributed by atoms with Gasteiger partial charge in [-0.1, -0.05) is 57.0 Å². The van der Waals surface area contributed by atoms with Crippen LogP contribution in [-0.2, 0) is 0 Å². The van der Waals surface area contributed by atoms with Crippen LogP contribution in [-0.4, -0.2) is 11.6 Å². The van der Waals surface area contributed by atoms with Gasteiger partial charge in [0.25, 0.3) is 5.91 Å². The van der Waals surface area contributed by atoms with Crippen molar-refractivity contribution in [1.29, 1.82) is 0 Å². The van der Waals surface area contributed by atoms with E-state index >= 15 is 0 Å². The van der Waals surface area contributed by atoms with Crippen LogP contribution in [0.2, 0.25) is 0 Å². The maximum atomic E-state index is 12.2. The molecule has 0 fully saturated rings. The van der Waals surface area contributed by atoms with Gasteiger partial charge < -0.3 is 0 Å². The Morgan fingerprint density at radius 3 is 2.59 bits per heavy atom. The summed E-state index contributed by atoms with van der Waals surface area (Å²) in [6.07, 6.45) is 7.23. The third-order valence-electron chi connectivity index (χ3n) is 6.68. The lowest BCUT2D eigenvalue weighted by molar-refractivity contribution is 0.0954. The Hall–Kier alpha value is -1.90. The zero-order valence-corrected chi connectivity index (χ0v) is 17.6. The van der Waals surface area contributed by atoms with Crippen LogP contribution < -0.4 is 5.43 Å². The van der Waals surface area contributed by atoms with Crippen molar-refractivity contribution in [3.8, 4) is 0 Å². The summed E-state index contributed by atoms with van der Waals surface area (Å²) in [4.78, 5) is 12.2. The molecule has 1 aromatic rings. The van der Waals surface area contributed by atoms with Crippen LogP contribution in [0.3, 0.4) is 0 Å². The molecule has 3 heteroatoms. The molecule has 1 atom stereocenters. The maximum Gasteiger partial charge on any atom is 0.271 e. The predicted octanol–water partition coefficient (Wildman–Crippen LogP) is 6.13. The molecule has 27 heavy (non-hydrogen) atoms. The van der Waals surface area contributed by atoms with Crippen molar-refractivity contribution >= 4 is 11.6 Å². The van der Waals surface area contributed by atoms with Crippen molar-refractivity contribution in [3.63, 3.8) is 0 Å². The molecule has 146 valence electrons. The molecule has 2 aliphatic carbocycles. The molecular formula is C24H34N2O. The minimum Gasteiger partial charge on any atom is -0.267 e. The minimum absolute atomic E-state index is 0.142. The summed E-state index contributed by atoms with van der Waals surface area (Å²) in [6.45, 7) is 11.7. The Bertz CT molecular complexity index is 756. The van der Waals surface area contributed by atoms with Gasteiger partial charge in [0.05, 0.1) is 0 Å². The van der Waals surface area contributed by atoms with Crippen molar-refractivity contribution in [2.24, 2.45) is 21.8 Å². The number of amides is 1. The van der Waals surface area contributed by atoms with Crippen molar-refractivity contribution < 1.29 is 4.79 Å². The third kappa shape index (κ3) is 4.51. The van der Waals surface area contributed by atoms with E-state index in [2.05, 4.69) is 38.2 Å². The Morgan fingerprint density at radius 1 is 1.19 bits per heavy atom. The van der Waals surface area contributed by atoms with Crippen LogP contribution in [0.1, 0.15) is 83.5 Å². The normalized spacial score (nSPS) is 24.3. The minimum atomic E-state index is -0.142. The fraction of sp³-hybridized carbons (Fsp3) is 0.583. The Balaban J connectivity index is 1.68. The zero-order valence-electron chi connectivity index (χ0n) is 17.6. The summed E-state index contributed by atoms with van der Waals surface area (Å²) in [5.41, 5.74) is 8.44. The summed E-state index contributed by atoms with van der Waals surface area (Å²) in [5.74, 6) is 0.444. The van der Waals surface area contributed by atoms with Gasteiger partial charge in [0.15, 0.2) is 0 Å². The summed E-state index contributed by atoms with van der Waals surface area (Å²) in [5, 5.41) is 4.39. The number of nitrogens with one attached hydrogen (secondary N) is 1. The van der Waals surface area contributed by atoms with Crippen LogP contribution in [0, 0.1) is 16.7 Å². The molecule has 0 heterocycles. The Morgan fingerprint density at radius 2 is 1.89 bits per heavy atom. The van der Waals surface area contributed by atoms with E-state index in [1.807, 2.05) is 37.3 Å². The lowest BCUT2D eigenvalue weighted by Gasteiger charge is -2.47. The summed E-state index contributed by atoms with van der Waals surface area (Å²) >= 11 is 0. The van der Waals surface area contributed by atoms with E-state index < -0.39 is 0 Å². The first-order valence-electron chi connectivity index (χ1n) is 10.3. The standard InChI is InChI=1S/C24H34N2O/c1-17(25-26-22(27)18-10-7-6-8-11-18)14-20-15-19-12-9-13-23(2,3)21(19)16-24(20,4)5/h6-8,10-11,20H,9,12-16H2,1-5H3,(H,26,27)/b25-17+/t20-/m0/s1. The summed E-state index contributed by atoms with van der Waals surface area (Å²) in [7, 11) is 0. The number of hydrogen-bond acceptors (Lipinski definition) is 2. The van der Waals surface area contributed by atoms with E-state index in [0.717, 1.165) is 12.1 Å². The highest BCUT2D eigenvalue weighted by Gasteiger charge is 2.41. The highest BCUT2D eigenvalue weighted by Crippen LogP contribution is 2.54. The monoisotopic (exact) mass is 366 g/mol. The van der Waals surface area contributed by atoms with Gasteiger partial charge in [-0.3, -0.25) is 4.79 Å². The molecule has 0 spiro atoms. The van der Waals surface area contributed by atoms with E-state index in [0.29, 0.717) is 16.9 Å². The Kier molecular flexibility index (Phi) is 5.60. The van der Waals surface area contributed by atoms with Crippen molar-refractivity contribution in [2.75, 3.05) is 0 Å². The van der Waals surface area contributed by atoms with Crippen molar-refractivity contribution in [1.82, 2.24) is 5.43 Å². The second kappa shape index (κ2) is 7.61. The smallest absolute Gasteiger partial charge is 0.267 e. The number of rotatable bonds is 4. The summed E-state index contributed by atoms with van der Waals surface area (Å²) in [6, 6.07) is 9.26. The maximum absolute atomic E-state index is 12.2. The highest BCUT2D eigenvalue weighted by molar-refractivity contribution is 5.95. The van der Waals surface area contributed by atoms with Gasteiger partial charge in [0, 0.05) is 11.3 Å². The second-order valence-electron chi connectivity index (χ2n) is 9.74. The predicted molar refractivity (Wildman–Crippen MR) is 113 cm³/mol. The van der Waals surface area contributed by atoms with Crippen molar-refractivity contribution in [3.05, 3.63) is 47.0 Å². The fourth-order valence-corrected chi connectivity index (χ4v) is 4.84. The fourth-order valence-electron chi connectivity index (χ4n) is 4.84. The van der Waals surface area contributed by atoms with E-state index in [1.54, 1.807) is 11.1 Å². The van der Waals surface area contributed by atoms with E-state index in [1.165, 1.54) is 32.1 Å². The van der Waals surface area contributed by atoms with Gasteiger partial charge in [-0.2, -0.15) is 5.10 Å². The van der Waals surface area contributed by atoms with E-state index in [9.17, 15) is 4.79 Å². The molecule has 0 bridgehead atoms. The molecular weight excluding hydrogens is 332 g/mol. The molecule has 0 aromatic heterocycles. The second-order valence-corrected chi connectivity index (χ2v) is 9.74. The molecule has 0 radical (unpaired) electrons. The van der Waals surface area contributed by atoms with Crippen LogP contribution in [0.5, 0.6) is 0 Å². The van der Waals surface area contributed by atoms with E-state index in [-0.39, 0.29) is 11.3 Å². The number of carbonyl (C=O) groups excluding carboxylic acids is 1.